The highest BCUT2D eigenvalue weighted by molar-refractivity contribution is 5.51. The Bertz CT molecular complexity index is 491. The van der Waals surface area contributed by atoms with Crippen molar-refractivity contribution >= 4 is 5.82 Å². The zero-order valence-electron chi connectivity index (χ0n) is 12.5. The van der Waals surface area contributed by atoms with Crippen molar-refractivity contribution in [1.29, 1.82) is 0 Å². The Morgan fingerprint density at radius 3 is 2.75 bits per heavy atom. The van der Waals surface area contributed by atoms with Gasteiger partial charge in [0.25, 0.3) is 0 Å². The third kappa shape index (κ3) is 2.65. The molecule has 5 heteroatoms. The summed E-state index contributed by atoms with van der Waals surface area (Å²) in [6, 6.07) is 0. The number of anilines is 1. The van der Waals surface area contributed by atoms with Crippen molar-refractivity contribution in [2.75, 3.05) is 44.7 Å². The van der Waals surface area contributed by atoms with Crippen molar-refractivity contribution in [3.63, 3.8) is 0 Å². The van der Waals surface area contributed by atoms with Gasteiger partial charge in [0.2, 0.25) is 0 Å². The number of aliphatic hydroxyl groups is 1. The van der Waals surface area contributed by atoms with Gasteiger partial charge >= 0.3 is 0 Å². The van der Waals surface area contributed by atoms with Crippen molar-refractivity contribution < 1.29 is 5.11 Å². The zero-order chi connectivity index (χ0) is 14.1. The fraction of sp³-hybridized carbons (Fsp3) is 0.733. The van der Waals surface area contributed by atoms with Crippen LogP contribution in [0.5, 0.6) is 0 Å². The molecule has 0 radical (unpaired) electrons. The summed E-state index contributed by atoms with van der Waals surface area (Å²) in [5.74, 6) is 2.39. The maximum absolute atomic E-state index is 9.34. The van der Waals surface area contributed by atoms with Crippen LogP contribution in [0.3, 0.4) is 0 Å². The SMILES string of the molecule is Cc1nc2c(c(N3CCC(CO)C3)n1)CCN(C)CC2. The fourth-order valence-corrected chi connectivity index (χ4v) is 3.25. The number of aryl methyl sites for hydroxylation is 1. The summed E-state index contributed by atoms with van der Waals surface area (Å²) < 4.78 is 0. The molecule has 3 rings (SSSR count). The van der Waals surface area contributed by atoms with E-state index in [1.165, 1.54) is 11.3 Å². The Labute approximate surface area is 120 Å². The van der Waals surface area contributed by atoms with Crippen LogP contribution in [0.4, 0.5) is 5.82 Å². The predicted molar refractivity (Wildman–Crippen MR) is 79.1 cm³/mol. The normalized spacial score (nSPS) is 23.8. The molecule has 1 atom stereocenters. The molecule has 1 fully saturated rings. The number of hydrogen-bond acceptors (Lipinski definition) is 5. The summed E-state index contributed by atoms with van der Waals surface area (Å²) in [6.45, 7) is 6.34. The Kier molecular flexibility index (Phi) is 3.89. The Morgan fingerprint density at radius 2 is 2.00 bits per heavy atom. The van der Waals surface area contributed by atoms with E-state index >= 15 is 0 Å². The summed E-state index contributed by atoms with van der Waals surface area (Å²) in [6.07, 6.45) is 3.11. The molecular weight excluding hydrogens is 252 g/mol. The number of likely N-dealkylation sites (N-methyl/N-ethyl adjacent to an activating group) is 1. The van der Waals surface area contributed by atoms with E-state index in [1.807, 2.05) is 6.92 Å². The molecule has 2 aliphatic heterocycles. The highest BCUT2D eigenvalue weighted by Crippen LogP contribution is 2.28. The summed E-state index contributed by atoms with van der Waals surface area (Å²) in [5, 5.41) is 9.34. The number of aromatic nitrogens is 2. The lowest BCUT2D eigenvalue weighted by Crippen LogP contribution is -2.25. The first kappa shape index (κ1) is 13.8. The summed E-state index contributed by atoms with van der Waals surface area (Å²) in [5.41, 5.74) is 2.56. The second-order valence-electron chi connectivity index (χ2n) is 6.11. The van der Waals surface area contributed by atoms with Gasteiger partial charge in [-0.2, -0.15) is 0 Å². The van der Waals surface area contributed by atoms with Crippen LogP contribution < -0.4 is 4.90 Å². The maximum atomic E-state index is 9.34. The van der Waals surface area contributed by atoms with Crippen LogP contribution in [0, 0.1) is 12.8 Å². The van der Waals surface area contributed by atoms with Crippen molar-refractivity contribution in [1.82, 2.24) is 14.9 Å². The highest BCUT2D eigenvalue weighted by atomic mass is 16.3. The van der Waals surface area contributed by atoms with E-state index in [0.29, 0.717) is 5.92 Å². The van der Waals surface area contributed by atoms with E-state index in [1.54, 1.807) is 0 Å². The first-order valence-electron chi connectivity index (χ1n) is 7.58. The van der Waals surface area contributed by atoms with E-state index in [0.717, 1.165) is 57.1 Å². The molecule has 110 valence electrons. The lowest BCUT2D eigenvalue weighted by atomic mass is 10.1. The molecule has 0 aliphatic carbocycles. The molecule has 1 unspecified atom stereocenters. The topological polar surface area (TPSA) is 52.5 Å². The van der Waals surface area contributed by atoms with Crippen molar-refractivity contribution in [3.05, 3.63) is 17.1 Å². The van der Waals surface area contributed by atoms with Gasteiger partial charge < -0.3 is 14.9 Å². The van der Waals surface area contributed by atoms with Gasteiger partial charge in [0, 0.05) is 50.7 Å². The van der Waals surface area contributed by atoms with E-state index in [4.69, 9.17) is 4.98 Å². The van der Waals surface area contributed by atoms with Crippen molar-refractivity contribution in [2.24, 2.45) is 5.92 Å². The standard InChI is InChI=1S/C15H24N4O/c1-11-16-14-5-7-18(2)6-4-13(14)15(17-11)19-8-3-12(9-19)10-20/h12,20H,3-10H2,1-2H3. The number of rotatable bonds is 2. The average Bonchev–Trinajstić information content (AvgIpc) is 2.84. The summed E-state index contributed by atoms with van der Waals surface area (Å²) in [4.78, 5) is 14.1. The van der Waals surface area contributed by atoms with E-state index in [9.17, 15) is 5.11 Å². The zero-order valence-corrected chi connectivity index (χ0v) is 12.5. The van der Waals surface area contributed by atoms with Crippen LogP contribution >= 0.6 is 0 Å². The molecule has 0 amide bonds. The van der Waals surface area contributed by atoms with Gasteiger partial charge in [-0.1, -0.05) is 0 Å². The van der Waals surface area contributed by atoms with Crippen molar-refractivity contribution in [2.45, 2.75) is 26.2 Å². The molecule has 20 heavy (non-hydrogen) atoms. The monoisotopic (exact) mass is 276 g/mol. The first-order chi connectivity index (χ1) is 9.67. The second-order valence-corrected chi connectivity index (χ2v) is 6.11. The Hall–Kier alpha value is -1.20. The quantitative estimate of drug-likeness (QED) is 0.859. The average molecular weight is 276 g/mol. The van der Waals surface area contributed by atoms with Crippen LogP contribution in [-0.4, -0.2) is 59.8 Å². The molecule has 1 N–H and O–H groups in total. The molecule has 1 aromatic rings. The lowest BCUT2D eigenvalue weighted by Gasteiger charge is -2.22. The molecule has 0 spiro atoms. The summed E-state index contributed by atoms with van der Waals surface area (Å²) >= 11 is 0. The minimum absolute atomic E-state index is 0.283. The number of fused-ring (bicyclic) bond motifs is 1. The van der Waals surface area contributed by atoms with Gasteiger partial charge in [0.1, 0.15) is 11.6 Å². The Morgan fingerprint density at radius 1 is 1.20 bits per heavy atom. The second kappa shape index (κ2) is 5.66. The molecule has 0 saturated carbocycles. The van der Waals surface area contributed by atoms with Gasteiger partial charge in [-0.05, 0) is 26.8 Å². The van der Waals surface area contributed by atoms with Gasteiger partial charge in [-0.15, -0.1) is 0 Å². The largest absolute Gasteiger partial charge is 0.396 e. The van der Waals surface area contributed by atoms with Crippen LogP contribution in [-0.2, 0) is 12.8 Å². The third-order valence-corrected chi connectivity index (χ3v) is 4.50. The van der Waals surface area contributed by atoms with Crippen molar-refractivity contribution in [3.8, 4) is 0 Å². The first-order valence-corrected chi connectivity index (χ1v) is 7.58. The molecule has 0 bridgehead atoms. The number of aliphatic hydroxyl groups excluding tert-OH is 1. The molecule has 1 aromatic heterocycles. The lowest BCUT2D eigenvalue weighted by molar-refractivity contribution is 0.238. The molecule has 2 aliphatic rings. The van der Waals surface area contributed by atoms with Crippen LogP contribution in [0.1, 0.15) is 23.5 Å². The molecule has 3 heterocycles. The van der Waals surface area contributed by atoms with Gasteiger partial charge in [0.05, 0.1) is 5.69 Å². The third-order valence-electron chi connectivity index (χ3n) is 4.50. The molecule has 1 saturated heterocycles. The van der Waals surface area contributed by atoms with Crippen LogP contribution in [0.2, 0.25) is 0 Å². The van der Waals surface area contributed by atoms with E-state index in [2.05, 4.69) is 21.8 Å². The Balaban J connectivity index is 1.93. The molecule has 5 nitrogen and oxygen atoms in total. The fourth-order valence-electron chi connectivity index (χ4n) is 3.25. The van der Waals surface area contributed by atoms with Gasteiger partial charge in [-0.3, -0.25) is 0 Å². The van der Waals surface area contributed by atoms with E-state index in [-0.39, 0.29) is 6.61 Å². The maximum Gasteiger partial charge on any atom is 0.135 e. The minimum Gasteiger partial charge on any atom is -0.396 e. The van der Waals surface area contributed by atoms with E-state index < -0.39 is 0 Å². The minimum atomic E-state index is 0.283. The summed E-state index contributed by atoms with van der Waals surface area (Å²) in [7, 11) is 2.17. The van der Waals surface area contributed by atoms with Gasteiger partial charge in [0.15, 0.2) is 0 Å². The highest BCUT2D eigenvalue weighted by Gasteiger charge is 2.27. The van der Waals surface area contributed by atoms with Crippen LogP contribution in [0.25, 0.3) is 0 Å². The number of nitrogens with zero attached hydrogens (tertiary/aromatic N) is 4. The smallest absolute Gasteiger partial charge is 0.135 e. The molecular formula is C15H24N4O. The van der Waals surface area contributed by atoms with Crippen LogP contribution in [0.15, 0.2) is 0 Å². The predicted octanol–water partition coefficient (Wildman–Crippen LogP) is 0.634. The molecule has 0 aromatic carbocycles. The number of hydrogen-bond donors (Lipinski definition) is 1. The van der Waals surface area contributed by atoms with Gasteiger partial charge in [-0.25, -0.2) is 9.97 Å².